The average Bonchev–Trinajstić information content (AvgIpc) is 3.33. The van der Waals surface area contributed by atoms with E-state index in [9.17, 15) is 9.59 Å². The van der Waals surface area contributed by atoms with Crippen LogP contribution in [0.25, 0.3) is 0 Å². The first-order chi connectivity index (χ1) is 14.4. The summed E-state index contributed by atoms with van der Waals surface area (Å²) in [6.07, 6.45) is 6.15. The molecule has 2 amide bonds. The van der Waals surface area contributed by atoms with E-state index in [1.54, 1.807) is 16.7 Å². The fourth-order valence-electron chi connectivity index (χ4n) is 4.28. The number of hydrogen-bond acceptors (Lipinski definition) is 4. The second-order valence-electron chi connectivity index (χ2n) is 8.57. The van der Waals surface area contributed by atoms with Crippen LogP contribution < -0.4 is 4.90 Å². The Morgan fingerprint density at radius 3 is 2.63 bits per heavy atom. The van der Waals surface area contributed by atoms with Crippen molar-refractivity contribution in [2.75, 3.05) is 30.3 Å². The lowest BCUT2D eigenvalue weighted by atomic mass is 9.97. The van der Waals surface area contributed by atoms with E-state index in [0.717, 1.165) is 42.5 Å². The molecule has 0 saturated carbocycles. The highest BCUT2D eigenvalue weighted by molar-refractivity contribution is 7.99. The molecule has 4 rings (SSSR count). The third-order valence-corrected chi connectivity index (χ3v) is 7.72. The summed E-state index contributed by atoms with van der Waals surface area (Å²) in [6, 6.07) is 6.07. The van der Waals surface area contributed by atoms with Crippen LogP contribution in [-0.4, -0.2) is 51.7 Å². The van der Waals surface area contributed by atoms with Gasteiger partial charge in [0.1, 0.15) is 0 Å². The van der Waals surface area contributed by atoms with Crippen LogP contribution in [0.4, 0.5) is 5.69 Å². The summed E-state index contributed by atoms with van der Waals surface area (Å²) in [7, 11) is 2.01. The van der Waals surface area contributed by atoms with Gasteiger partial charge in [0.05, 0.1) is 5.92 Å². The molecule has 2 fully saturated rings. The Bertz CT molecular complexity index is 933. The van der Waals surface area contributed by atoms with Crippen molar-refractivity contribution in [3.05, 3.63) is 41.7 Å². The Kier molecular flexibility index (Phi) is 6.18. The number of imidazole rings is 1. The van der Waals surface area contributed by atoms with Crippen LogP contribution in [0, 0.1) is 25.7 Å². The summed E-state index contributed by atoms with van der Waals surface area (Å²) in [4.78, 5) is 33.8. The van der Waals surface area contributed by atoms with Crippen LogP contribution in [0.2, 0.25) is 0 Å². The van der Waals surface area contributed by atoms with Crippen molar-refractivity contribution in [2.24, 2.45) is 18.9 Å². The monoisotopic (exact) mass is 426 g/mol. The highest BCUT2D eigenvalue weighted by Crippen LogP contribution is 2.30. The van der Waals surface area contributed by atoms with Crippen LogP contribution >= 0.6 is 11.8 Å². The summed E-state index contributed by atoms with van der Waals surface area (Å²) < 4.78 is 2.04. The third kappa shape index (κ3) is 4.41. The Balaban J connectivity index is 1.29. The quantitative estimate of drug-likeness (QED) is 0.688. The van der Waals surface area contributed by atoms with Crippen molar-refractivity contribution in [3.63, 3.8) is 0 Å². The number of amides is 2. The summed E-state index contributed by atoms with van der Waals surface area (Å²) in [6.45, 7) is 6.20. The Hall–Kier alpha value is -2.28. The van der Waals surface area contributed by atoms with Crippen molar-refractivity contribution in [2.45, 2.75) is 38.3 Å². The van der Waals surface area contributed by atoms with Gasteiger partial charge in [-0.1, -0.05) is 17.8 Å². The first-order valence-corrected chi connectivity index (χ1v) is 11.7. The largest absolute Gasteiger partial charge is 0.342 e. The van der Waals surface area contributed by atoms with Gasteiger partial charge in [0.25, 0.3) is 0 Å². The SMILES string of the molecule is Cc1ccc(N2C[C@H](C(=O)N3CCC(CSc4nccn4C)CC3)CC2=O)cc1C. The predicted molar refractivity (Wildman–Crippen MR) is 120 cm³/mol. The maximum absolute atomic E-state index is 13.1. The van der Waals surface area contributed by atoms with Crippen LogP contribution in [0.1, 0.15) is 30.4 Å². The van der Waals surface area contributed by atoms with E-state index in [1.165, 1.54) is 11.1 Å². The lowest BCUT2D eigenvalue weighted by Crippen LogP contribution is -2.42. The van der Waals surface area contributed by atoms with Gasteiger partial charge in [0, 0.05) is 56.9 Å². The fraction of sp³-hybridized carbons (Fsp3) is 0.522. The van der Waals surface area contributed by atoms with E-state index < -0.39 is 0 Å². The van der Waals surface area contributed by atoms with Gasteiger partial charge in [-0.25, -0.2) is 4.98 Å². The minimum absolute atomic E-state index is 0.0537. The molecule has 0 N–H and O–H groups in total. The molecule has 160 valence electrons. The number of anilines is 1. The summed E-state index contributed by atoms with van der Waals surface area (Å²) >= 11 is 1.79. The van der Waals surface area contributed by atoms with Crippen molar-refractivity contribution in [3.8, 4) is 0 Å². The molecule has 0 radical (unpaired) electrons. The second kappa shape index (κ2) is 8.84. The molecule has 2 saturated heterocycles. The molecule has 7 heteroatoms. The molecule has 1 aromatic heterocycles. The van der Waals surface area contributed by atoms with Crippen LogP contribution in [0.3, 0.4) is 0 Å². The summed E-state index contributed by atoms with van der Waals surface area (Å²) in [5.41, 5.74) is 3.28. The summed E-state index contributed by atoms with van der Waals surface area (Å²) in [5.74, 6) is 1.61. The van der Waals surface area contributed by atoms with Gasteiger partial charge in [0.15, 0.2) is 5.16 Å². The Morgan fingerprint density at radius 1 is 1.20 bits per heavy atom. The zero-order valence-corrected chi connectivity index (χ0v) is 18.8. The molecule has 3 heterocycles. The average molecular weight is 427 g/mol. The van der Waals surface area contributed by atoms with Gasteiger partial charge in [-0.2, -0.15) is 0 Å². The van der Waals surface area contributed by atoms with E-state index >= 15 is 0 Å². The number of carbonyl (C=O) groups is 2. The minimum atomic E-state index is -0.224. The lowest BCUT2D eigenvalue weighted by Gasteiger charge is -2.33. The molecule has 6 nitrogen and oxygen atoms in total. The number of likely N-dealkylation sites (tertiary alicyclic amines) is 1. The molecule has 2 aromatic rings. The van der Waals surface area contributed by atoms with Gasteiger partial charge in [-0.05, 0) is 55.9 Å². The third-order valence-electron chi connectivity index (χ3n) is 6.43. The van der Waals surface area contributed by atoms with E-state index in [-0.39, 0.29) is 17.7 Å². The lowest BCUT2D eigenvalue weighted by molar-refractivity contribution is -0.137. The van der Waals surface area contributed by atoms with Gasteiger partial charge in [-0.3, -0.25) is 9.59 Å². The van der Waals surface area contributed by atoms with E-state index in [2.05, 4.69) is 18.8 Å². The van der Waals surface area contributed by atoms with Crippen molar-refractivity contribution in [1.29, 1.82) is 0 Å². The van der Waals surface area contributed by atoms with E-state index in [0.29, 0.717) is 18.9 Å². The van der Waals surface area contributed by atoms with Crippen molar-refractivity contribution < 1.29 is 9.59 Å². The molecular formula is C23H30N4O2S. The number of rotatable bonds is 5. The highest BCUT2D eigenvalue weighted by atomic mass is 32.2. The minimum Gasteiger partial charge on any atom is -0.342 e. The molecule has 0 bridgehead atoms. The summed E-state index contributed by atoms with van der Waals surface area (Å²) in [5, 5.41) is 1.05. The van der Waals surface area contributed by atoms with E-state index in [4.69, 9.17) is 0 Å². The van der Waals surface area contributed by atoms with Gasteiger partial charge < -0.3 is 14.4 Å². The zero-order valence-electron chi connectivity index (χ0n) is 18.0. The number of carbonyl (C=O) groups excluding carboxylic acids is 2. The Morgan fingerprint density at radius 2 is 1.97 bits per heavy atom. The number of benzene rings is 1. The highest BCUT2D eigenvalue weighted by Gasteiger charge is 2.38. The molecule has 2 aliphatic rings. The first kappa shape index (κ1) is 21.0. The fourth-order valence-corrected chi connectivity index (χ4v) is 5.40. The molecule has 0 spiro atoms. The van der Waals surface area contributed by atoms with Gasteiger partial charge in [0.2, 0.25) is 11.8 Å². The molecule has 1 aromatic carbocycles. The van der Waals surface area contributed by atoms with Crippen molar-refractivity contribution in [1.82, 2.24) is 14.5 Å². The predicted octanol–water partition coefficient (Wildman–Crippen LogP) is 3.42. The van der Waals surface area contributed by atoms with Crippen molar-refractivity contribution >= 4 is 29.3 Å². The number of aryl methyl sites for hydroxylation is 3. The topological polar surface area (TPSA) is 58.4 Å². The maximum atomic E-state index is 13.1. The standard InChI is InChI=1S/C23H30N4O2S/c1-16-4-5-20(12-17(16)2)27-14-19(13-21(27)28)22(29)26-9-6-18(7-10-26)15-30-23-24-8-11-25(23)3/h4-5,8,11-12,18-19H,6-7,9-10,13-15H2,1-3H3/t19-/m1/s1. The van der Waals surface area contributed by atoms with Gasteiger partial charge in [-0.15, -0.1) is 0 Å². The molecule has 30 heavy (non-hydrogen) atoms. The second-order valence-corrected chi connectivity index (χ2v) is 9.56. The zero-order chi connectivity index (χ0) is 21.3. The first-order valence-electron chi connectivity index (χ1n) is 10.7. The molecular weight excluding hydrogens is 396 g/mol. The Labute approximate surface area is 182 Å². The number of aromatic nitrogens is 2. The molecule has 0 aliphatic carbocycles. The molecule has 0 unspecified atom stereocenters. The maximum Gasteiger partial charge on any atom is 0.228 e. The number of piperidine rings is 1. The smallest absolute Gasteiger partial charge is 0.228 e. The number of nitrogens with zero attached hydrogens (tertiary/aromatic N) is 4. The number of thioether (sulfide) groups is 1. The van der Waals surface area contributed by atoms with Gasteiger partial charge >= 0.3 is 0 Å². The molecule has 1 atom stereocenters. The molecule has 2 aliphatic heterocycles. The van der Waals surface area contributed by atoms with Crippen LogP contribution in [0.15, 0.2) is 35.7 Å². The van der Waals surface area contributed by atoms with Crippen LogP contribution in [-0.2, 0) is 16.6 Å². The van der Waals surface area contributed by atoms with E-state index in [1.807, 2.05) is 47.1 Å². The normalized spacial score (nSPS) is 20.2. The number of hydrogen-bond donors (Lipinski definition) is 0. The van der Waals surface area contributed by atoms with Crippen LogP contribution in [0.5, 0.6) is 0 Å².